The van der Waals surface area contributed by atoms with Crippen LogP contribution >= 0.6 is 34.5 Å². The molecular formula is C22H20Cl2N2O2S. The summed E-state index contributed by atoms with van der Waals surface area (Å²) in [4.78, 5) is 19.2. The first-order chi connectivity index (χ1) is 14.0. The molecule has 0 saturated carbocycles. The number of thiazole rings is 1. The molecule has 7 heteroatoms. The van der Waals surface area contributed by atoms with Crippen LogP contribution in [0.25, 0.3) is 10.6 Å². The molecule has 2 heterocycles. The summed E-state index contributed by atoms with van der Waals surface area (Å²) in [5.41, 5.74) is 2.47. The number of benzene rings is 2. The maximum atomic E-state index is 12.9. The molecule has 1 N–H and O–H groups in total. The second-order valence-corrected chi connectivity index (χ2v) is 8.92. The number of phenolic OH excluding ortho intramolecular Hbond substituents is 1. The summed E-state index contributed by atoms with van der Waals surface area (Å²) in [5.74, 6) is 0.415. The van der Waals surface area contributed by atoms with Gasteiger partial charge in [-0.3, -0.25) is 4.79 Å². The van der Waals surface area contributed by atoms with Gasteiger partial charge in [-0.15, -0.1) is 11.3 Å². The Labute approximate surface area is 183 Å². The van der Waals surface area contributed by atoms with Gasteiger partial charge in [-0.2, -0.15) is 0 Å². The fraction of sp³-hybridized carbons (Fsp3) is 0.273. The molecule has 1 amide bonds. The topological polar surface area (TPSA) is 53.4 Å². The van der Waals surface area contributed by atoms with Gasteiger partial charge in [0.15, 0.2) is 5.75 Å². The lowest BCUT2D eigenvalue weighted by atomic mass is 9.90. The van der Waals surface area contributed by atoms with Crippen molar-refractivity contribution in [2.45, 2.75) is 19.3 Å². The van der Waals surface area contributed by atoms with Gasteiger partial charge in [0.25, 0.3) is 5.91 Å². The summed E-state index contributed by atoms with van der Waals surface area (Å²) in [7, 11) is 0. The van der Waals surface area contributed by atoms with Crippen molar-refractivity contribution in [1.29, 1.82) is 0 Å². The number of hydrogen-bond donors (Lipinski definition) is 1. The Bertz CT molecular complexity index is 992. The first kappa shape index (κ1) is 20.2. The van der Waals surface area contributed by atoms with E-state index in [4.69, 9.17) is 23.2 Å². The maximum Gasteiger partial charge on any atom is 0.273 e. The zero-order valence-electron chi connectivity index (χ0n) is 15.6. The predicted molar refractivity (Wildman–Crippen MR) is 118 cm³/mol. The normalized spacial score (nSPS) is 14.9. The average Bonchev–Trinajstić information content (AvgIpc) is 3.23. The van der Waals surface area contributed by atoms with Gasteiger partial charge in [-0.25, -0.2) is 4.98 Å². The number of carbonyl (C=O) groups excluding carboxylic acids is 1. The van der Waals surface area contributed by atoms with E-state index < -0.39 is 0 Å². The molecule has 150 valence electrons. The lowest BCUT2D eigenvalue weighted by Crippen LogP contribution is -2.39. The number of phenols is 1. The van der Waals surface area contributed by atoms with Crippen LogP contribution in [0.1, 0.15) is 28.9 Å². The number of carbonyl (C=O) groups is 1. The zero-order chi connectivity index (χ0) is 20.4. The van der Waals surface area contributed by atoms with Crippen LogP contribution in [-0.4, -0.2) is 34.0 Å². The second kappa shape index (κ2) is 8.74. The number of piperidine rings is 1. The molecule has 0 spiro atoms. The molecule has 1 saturated heterocycles. The highest BCUT2D eigenvalue weighted by Gasteiger charge is 2.25. The highest BCUT2D eigenvalue weighted by atomic mass is 35.5. The van der Waals surface area contributed by atoms with Crippen molar-refractivity contribution < 1.29 is 9.90 Å². The summed E-state index contributed by atoms with van der Waals surface area (Å²) in [6, 6.07) is 13.7. The monoisotopic (exact) mass is 446 g/mol. The molecule has 1 aliphatic heterocycles. The summed E-state index contributed by atoms with van der Waals surface area (Å²) >= 11 is 13.4. The Kier molecular flexibility index (Phi) is 6.09. The summed E-state index contributed by atoms with van der Waals surface area (Å²) in [6.07, 6.45) is 3.06. The smallest absolute Gasteiger partial charge is 0.273 e. The quantitative estimate of drug-likeness (QED) is 0.541. The SMILES string of the molecule is O=C(c1csc(-c2cc(Cl)c(O)c(Cl)c2)n1)N1CCC(Cc2ccccc2)CC1. The van der Waals surface area contributed by atoms with Gasteiger partial charge in [0.05, 0.1) is 10.0 Å². The van der Waals surface area contributed by atoms with Gasteiger partial charge in [0.1, 0.15) is 10.7 Å². The van der Waals surface area contributed by atoms with Gasteiger partial charge in [-0.1, -0.05) is 53.5 Å². The van der Waals surface area contributed by atoms with E-state index >= 15 is 0 Å². The van der Waals surface area contributed by atoms with Crippen molar-refractivity contribution in [3.05, 3.63) is 69.1 Å². The highest BCUT2D eigenvalue weighted by Crippen LogP contribution is 2.37. The van der Waals surface area contributed by atoms with Gasteiger partial charge in [-0.05, 0) is 42.9 Å². The molecule has 0 bridgehead atoms. The Morgan fingerprint density at radius 3 is 2.45 bits per heavy atom. The number of aromatic hydroxyl groups is 1. The molecule has 3 aromatic rings. The number of hydrogen-bond acceptors (Lipinski definition) is 4. The molecule has 1 aromatic heterocycles. The van der Waals surface area contributed by atoms with E-state index in [1.54, 1.807) is 17.5 Å². The molecule has 1 fully saturated rings. The van der Waals surface area contributed by atoms with Crippen LogP contribution in [0.3, 0.4) is 0 Å². The van der Waals surface area contributed by atoms with Crippen molar-refractivity contribution >= 4 is 40.4 Å². The zero-order valence-corrected chi connectivity index (χ0v) is 18.0. The summed E-state index contributed by atoms with van der Waals surface area (Å²) in [5, 5.41) is 12.5. The third-order valence-corrected chi connectivity index (χ3v) is 6.72. The number of aromatic nitrogens is 1. The fourth-order valence-corrected chi connectivity index (χ4v) is 4.91. The van der Waals surface area contributed by atoms with Crippen LogP contribution < -0.4 is 0 Å². The Morgan fingerprint density at radius 1 is 1.14 bits per heavy atom. The number of amides is 1. The van der Waals surface area contributed by atoms with Crippen LogP contribution in [0, 0.1) is 5.92 Å². The van der Waals surface area contributed by atoms with Crippen LogP contribution in [0.2, 0.25) is 10.0 Å². The van der Waals surface area contributed by atoms with E-state index in [1.807, 2.05) is 11.0 Å². The lowest BCUT2D eigenvalue weighted by Gasteiger charge is -2.31. The van der Waals surface area contributed by atoms with Crippen molar-refractivity contribution in [1.82, 2.24) is 9.88 Å². The molecule has 1 aliphatic rings. The van der Waals surface area contributed by atoms with Gasteiger partial charge in [0, 0.05) is 24.0 Å². The largest absolute Gasteiger partial charge is 0.505 e. The van der Waals surface area contributed by atoms with Crippen LogP contribution in [0.4, 0.5) is 0 Å². The molecule has 0 unspecified atom stereocenters. The minimum atomic E-state index is -0.150. The standard InChI is InChI=1S/C22H20Cl2N2O2S/c23-17-11-16(12-18(24)20(17)27)21-25-19(13-29-21)22(28)26-8-6-15(7-9-26)10-14-4-2-1-3-5-14/h1-5,11-13,15,27H,6-10H2. The number of likely N-dealkylation sites (tertiary alicyclic amines) is 1. The van der Waals surface area contributed by atoms with E-state index in [1.165, 1.54) is 16.9 Å². The van der Waals surface area contributed by atoms with Crippen LogP contribution in [0.5, 0.6) is 5.75 Å². The van der Waals surface area contributed by atoms with E-state index in [2.05, 4.69) is 29.2 Å². The fourth-order valence-electron chi connectivity index (χ4n) is 3.64. The van der Waals surface area contributed by atoms with Crippen LogP contribution in [0.15, 0.2) is 47.8 Å². The van der Waals surface area contributed by atoms with E-state index in [9.17, 15) is 9.90 Å². The lowest BCUT2D eigenvalue weighted by molar-refractivity contribution is 0.0685. The third-order valence-electron chi connectivity index (χ3n) is 5.26. The number of nitrogens with zero attached hydrogens (tertiary/aromatic N) is 2. The average molecular weight is 447 g/mol. The number of rotatable bonds is 4. The summed E-state index contributed by atoms with van der Waals surface area (Å²) in [6.45, 7) is 1.50. The molecular weight excluding hydrogens is 427 g/mol. The van der Waals surface area contributed by atoms with E-state index in [-0.39, 0.29) is 21.7 Å². The molecule has 2 aromatic carbocycles. The van der Waals surface area contributed by atoms with Crippen molar-refractivity contribution in [3.63, 3.8) is 0 Å². The maximum absolute atomic E-state index is 12.9. The van der Waals surface area contributed by atoms with Gasteiger partial charge in [0.2, 0.25) is 0 Å². The minimum absolute atomic E-state index is 0.0402. The van der Waals surface area contributed by atoms with Gasteiger partial charge >= 0.3 is 0 Å². The minimum Gasteiger partial charge on any atom is -0.505 e. The first-order valence-corrected chi connectivity index (χ1v) is 11.1. The molecule has 0 radical (unpaired) electrons. The Hall–Kier alpha value is -2.08. The molecule has 0 aliphatic carbocycles. The van der Waals surface area contributed by atoms with Crippen molar-refractivity contribution in [3.8, 4) is 16.3 Å². The predicted octanol–water partition coefficient (Wildman–Crippen LogP) is 5.92. The Morgan fingerprint density at radius 2 is 1.79 bits per heavy atom. The summed E-state index contributed by atoms with van der Waals surface area (Å²) < 4.78 is 0. The molecule has 4 nitrogen and oxygen atoms in total. The number of halogens is 2. The van der Waals surface area contributed by atoms with E-state index in [0.29, 0.717) is 22.2 Å². The highest BCUT2D eigenvalue weighted by molar-refractivity contribution is 7.13. The molecule has 4 rings (SSSR count). The second-order valence-electron chi connectivity index (χ2n) is 7.25. The first-order valence-electron chi connectivity index (χ1n) is 9.48. The van der Waals surface area contributed by atoms with Crippen molar-refractivity contribution in [2.75, 3.05) is 13.1 Å². The third kappa shape index (κ3) is 4.58. The van der Waals surface area contributed by atoms with E-state index in [0.717, 1.165) is 32.4 Å². The van der Waals surface area contributed by atoms with Crippen LogP contribution in [-0.2, 0) is 6.42 Å². The Balaban J connectivity index is 1.40. The van der Waals surface area contributed by atoms with Crippen molar-refractivity contribution in [2.24, 2.45) is 5.92 Å². The molecule has 0 atom stereocenters. The molecule has 29 heavy (non-hydrogen) atoms. The van der Waals surface area contributed by atoms with Gasteiger partial charge < -0.3 is 10.0 Å².